The summed E-state index contributed by atoms with van der Waals surface area (Å²) in [6.07, 6.45) is -0.124. The minimum absolute atomic E-state index is 0.108. The predicted octanol–water partition coefficient (Wildman–Crippen LogP) is 1.63. The molecule has 0 saturated carbocycles. The Morgan fingerprint density at radius 3 is 2.75 bits per heavy atom. The fraction of sp³-hybridized carbons (Fsp3) is 0.375. The second-order valence-electron chi connectivity index (χ2n) is 5.63. The summed E-state index contributed by atoms with van der Waals surface area (Å²) in [7, 11) is 2.92. The Hall–Kier alpha value is -2.61. The van der Waals surface area contributed by atoms with Crippen molar-refractivity contribution in [1.29, 1.82) is 0 Å². The number of aromatic amines is 1. The van der Waals surface area contributed by atoms with E-state index in [1.54, 1.807) is 0 Å². The van der Waals surface area contributed by atoms with Crippen LogP contribution < -0.4 is 4.74 Å². The van der Waals surface area contributed by atoms with Crippen LogP contribution in [0, 0.1) is 5.82 Å². The van der Waals surface area contributed by atoms with Crippen LogP contribution in [0.1, 0.15) is 16.9 Å². The average molecular weight is 336 g/mol. The molecule has 24 heavy (non-hydrogen) atoms. The highest BCUT2D eigenvalue weighted by Crippen LogP contribution is 2.30. The highest BCUT2D eigenvalue weighted by molar-refractivity contribution is 6.01. The van der Waals surface area contributed by atoms with E-state index in [9.17, 15) is 19.1 Å². The third-order valence-electron chi connectivity index (χ3n) is 4.30. The number of carbonyl (C=O) groups excluding carboxylic acids is 1. The van der Waals surface area contributed by atoms with Crippen LogP contribution in [0.2, 0.25) is 0 Å². The Morgan fingerprint density at radius 1 is 1.38 bits per heavy atom. The second kappa shape index (κ2) is 6.12. The molecule has 1 fully saturated rings. The maximum absolute atomic E-state index is 14.0. The maximum Gasteiger partial charge on any atom is 0.326 e. The van der Waals surface area contributed by atoms with Gasteiger partial charge < -0.3 is 24.5 Å². The van der Waals surface area contributed by atoms with Gasteiger partial charge in [0.15, 0.2) is 0 Å². The van der Waals surface area contributed by atoms with E-state index in [0.29, 0.717) is 11.1 Å². The number of carboxylic acids is 1. The van der Waals surface area contributed by atoms with E-state index in [-0.39, 0.29) is 30.3 Å². The highest BCUT2D eigenvalue weighted by Gasteiger charge is 2.40. The molecule has 0 radical (unpaired) electrons. The monoisotopic (exact) mass is 336 g/mol. The van der Waals surface area contributed by atoms with Gasteiger partial charge in [-0.1, -0.05) is 0 Å². The molecule has 2 heterocycles. The molecular weight excluding hydrogens is 319 g/mol. The molecule has 1 saturated heterocycles. The quantitative estimate of drug-likeness (QED) is 0.885. The molecule has 7 nitrogen and oxygen atoms in total. The van der Waals surface area contributed by atoms with Crippen LogP contribution in [0.15, 0.2) is 18.2 Å². The van der Waals surface area contributed by atoms with Crippen molar-refractivity contribution in [3.63, 3.8) is 0 Å². The number of carboxylic acid groups (broad SMARTS) is 1. The topological polar surface area (TPSA) is 91.9 Å². The summed E-state index contributed by atoms with van der Waals surface area (Å²) in [6, 6.07) is 3.21. The lowest BCUT2D eigenvalue weighted by Gasteiger charge is -2.20. The van der Waals surface area contributed by atoms with Gasteiger partial charge in [0, 0.05) is 25.5 Å². The Morgan fingerprint density at radius 2 is 2.12 bits per heavy atom. The first-order valence-corrected chi connectivity index (χ1v) is 7.38. The van der Waals surface area contributed by atoms with Gasteiger partial charge in [0.2, 0.25) is 0 Å². The van der Waals surface area contributed by atoms with Crippen molar-refractivity contribution in [3.05, 3.63) is 29.7 Å². The highest BCUT2D eigenvalue weighted by atomic mass is 19.1. The molecule has 1 aliphatic heterocycles. The van der Waals surface area contributed by atoms with Crippen molar-refractivity contribution < 1.29 is 28.6 Å². The van der Waals surface area contributed by atoms with Crippen LogP contribution in [0.5, 0.6) is 5.75 Å². The van der Waals surface area contributed by atoms with Crippen LogP contribution >= 0.6 is 0 Å². The molecule has 8 heteroatoms. The van der Waals surface area contributed by atoms with Crippen molar-refractivity contribution in [2.75, 3.05) is 20.8 Å². The minimum Gasteiger partial charge on any atom is -0.496 e. The number of nitrogens with zero attached hydrogens (tertiary/aromatic N) is 1. The molecule has 1 aromatic heterocycles. The zero-order valence-corrected chi connectivity index (χ0v) is 13.2. The minimum atomic E-state index is -1.09. The van der Waals surface area contributed by atoms with Crippen LogP contribution in [0.25, 0.3) is 10.9 Å². The number of H-pyrrole nitrogens is 1. The van der Waals surface area contributed by atoms with Gasteiger partial charge in [-0.15, -0.1) is 0 Å². The molecule has 2 N–H and O–H groups in total. The first-order valence-electron chi connectivity index (χ1n) is 7.38. The lowest BCUT2D eigenvalue weighted by atomic mass is 10.2. The van der Waals surface area contributed by atoms with Gasteiger partial charge >= 0.3 is 5.97 Å². The van der Waals surface area contributed by atoms with Gasteiger partial charge in [-0.25, -0.2) is 9.18 Å². The number of fused-ring (bicyclic) bond motifs is 1. The smallest absolute Gasteiger partial charge is 0.326 e. The summed E-state index contributed by atoms with van der Waals surface area (Å²) in [5, 5.41) is 9.75. The number of hydrogen-bond acceptors (Lipinski definition) is 4. The summed E-state index contributed by atoms with van der Waals surface area (Å²) in [4.78, 5) is 28.1. The zero-order valence-electron chi connectivity index (χ0n) is 13.2. The van der Waals surface area contributed by atoms with E-state index in [4.69, 9.17) is 9.47 Å². The summed E-state index contributed by atoms with van der Waals surface area (Å²) in [5.74, 6) is -1.70. The number of aromatic nitrogens is 1. The fourth-order valence-corrected chi connectivity index (χ4v) is 3.03. The normalized spacial score (nSPS) is 20.5. The first kappa shape index (κ1) is 16.3. The summed E-state index contributed by atoms with van der Waals surface area (Å²) >= 11 is 0. The van der Waals surface area contributed by atoms with Crippen molar-refractivity contribution in [2.45, 2.75) is 18.6 Å². The number of ether oxygens (including phenoxy) is 2. The van der Waals surface area contributed by atoms with Gasteiger partial charge in [0.05, 0.1) is 18.7 Å². The number of methoxy groups -OCH3 is 2. The standard InChI is InChI=1S/C16H17FN2O5/c1-23-8-5-12(16(21)22)19(7-8)15(20)11-6-9-13(24-2)4-3-10(17)14(9)18-11/h3-4,6,8,12,18H,5,7H2,1-2H3,(H,21,22). The predicted molar refractivity (Wildman–Crippen MR) is 82.7 cm³/mol. The molecule has 2 atom stereocenters. The fourth-order valence-electron chi connectivity index (χ4n) is 3.03. The lowest BCUT2D eigenvalue weighted by Crippen LogP contribution is -2.40. The molecule has 2 unspecified atom stereocenters. The number of nitrogens with one attached hydrogen (secondary N) is 1. The number of hydrogen-bond donors (Lipinski definition) is 2. The molecular formula is C16H17FN2O5. The van der Waals surface area contributed by atoms with Crippen LogP contribution in [-0.4, -0.2) is 59.8 Å². The molecule has 1 amide bonds. The Balaban J connectivity index is 1.99. The number of amides is 1. The molecule has 2 aromatic rings. The van der Waals surface area contributed by atoms with E-state index < -0.39 is 23.7 Å². The first-order chi connectivity index (χ1) is 11.5. The van der Waals surface area contributed by atoms with Crippen LogP contribution in [-0.2, 0) is 9.53 Å². The molecule has 3 rings (SSSR count). The van der Waals surface area contributed by atoms with Gasteiger partial charge in [-0.05, 0) is 18.2 Å². The van der Waals surface area contributed by atoms with Gasteiger partial charge in [-0.2, -0.15) is 0 Å². The van der Waals surface area contributed by atoms with E-state index in [1.165, 1.54) is 37.3 Å². The van der Waals surface area contributed by atoms with E-state index in [1.807, 2.05) is 0 Å². The molecule has 0 spiro atoms. The third kappa shape index (κ3) is 2.58. The largest absolute Gasteiger partial charge is 0.496 e. The second-order valence-corrected chi connectivity index (χ2v) is 5.63. The summed E-state index contributed by atoms with van der Waals surface area (Å²) in [6.45, 7) is 0.168. The Bertz CT molecular complexity index is 803. The van der Waals surface area contributed by atoms with Crippen LogP contribution in [0.4, 0.5) is 4.39 Å². The number of benzene rings is 1. The zero-order chi connectivity index (χ0) is 17.4. The number of aliphatic carboxylic acids is 1. The van der Waals surface area contributed by atoms with E-state index in [2.05, 4.69) is 4.98 Å². The number of rotatable bonds is 4. The number of likely N-dealkylation sites (tertiary alicyclic amines) is 1. The lowest BCUT2D eigenvalue weighted by molar-refractivity contribution is -0.141. The average Bonchev–Trinajstić information content (AvgIpc) is 3.19. The Labute approximate surface area is 137 Å². The third-order valence-corrected chi connectivity index (χ3v) is 4.30. The SMILES string of the molecule is COc1ccc(F)c2[nH]c(C(=O)N3CC(OC)CC3C(=O)O)cc12. The molecule has 128 valence electrons. The van der Waals surface area contributed by atoms with Gasteiger partial charge in [0.1, 0.15) is 23.3 Å². The number of carbonyl (C=O) groups is 2. The Kier molecular flexibility index (Phi) is 4.15. The maximum atomic E-state index is 14.0. The molecule has 1 aromatic carbocycles. The van der Waals surface area contributed by atoms with Crippen molar-refractivity contribution in [2.24, 2.45) is 0 Å². The summed E-state index contributed by atoms with van der Waals surface area (Å²) in [5.41, 5.74) is 0.253. The van der Waals surface area contributed by atoms with Crippen molar-refractivity contribution >= 4 is 22.8 Å². The number of halogens is 1. The van der Waals surface area contributed by atoms with Gasteiger partial charge in [-0.3, -0.25) is 4.79 Å². The van der Waals surface area contributed by atoms with Crippen molar-refractivity contribution in [1.82, 2.24) is 9.88 Å². The van der Waals surface area contributed by atoms with Crippen LogP contribution in [0.3, 0.4) is 0 Å². The van der Waals surface area contributed by atoms with E-state index >= 15 is 0 Å². The molecule has 0 aliphatic carbocycles. The van der Waals surface area contributed by atoms with Crippen molar-refractivity contribution in [3.8, 4) is 5.75 Å². The van der Waals surface area contributed by atoms with E-state index in [0.717, 1.165) is 0 Å². The summed E-state index contributed by atoms with van der Waals surface area (Å²) < 4.78 is 24.3. The molecule has 0 bridgehead atoms. The van der Waals surface area contributed by atoms with Gasteiger partial charge in [0.25, 0.3) is 5.91 Å². The molecule has 1 aliphatic rings.